The lowest BCUT2D eigenvalue weighted by Crippen LogP contribution is -2.54. The second-order valence-corrected chi connectivity index (χ2v) is 10.9. The summed E-state index contributed by atoms with van der Waals surface area (Å²) >= 11 is 0. The Bertz CT molecular complexity index is 1430. The molecule has 2 unspecified atom stereocenters. The molecule has 1 fully saturated rings. The number of carbonyl (C=O) groups is 4. The lowest BCUT2D eigenvalue weighted by atomic mass is 10.0. The van der Waals surface area contributed by atoms with Crippen LogP contribution in [0.25, 0.3) is 10.8 Å². The maximum Gasteiger partial charge on any atom is 0.408 e. The van der Waals surface area contributed by atoms with Gasteiger partial charge in [-0.3, -0.25) is 14.4 Å². The number of para-hydroxylation sites is 1. The second-order valence-electron chi connectivity index (χ2n) is 10.9. The van der Waals surface area contributed by atoms with Gasteiger partial charge in [-0.1, -0.05) is 48.5 Å². The Morgan fingerprint density at radius 3 is 2.27 bits per heavy atom. The van der Waals surface area contributed by atoms with Crippen molar-refractivity contribution in [2.24, 2.45) is 5.73 Å². The predicted octanol–water partition coefficient (Wildman–Crippen LogP) is 3.98. The summed E-state index contributed by atoms with van der Waals surface area (Å²) in [6, 6.07) is 16.4. The Labute approximate surface area is 232 Å². The third-order valence-electron chi connectivity index (χ3n) is 6.36. The number of carbonyl (C=O) groups excluding carboxylic acids is 4. The molecule has 0 heterocycles. The quantitative estimate of drug-likeness (QED) is 0.319. The highest BCUT2D eigenvalue weighted by Gasteiger charge is 2.45. The zero-order valence-electron chi connectivity index (χ0n) is 22.7. The normalized spacial score (nSPS) is 14.6. The molecular formula is C30H34N4O6. The SMILES string of the molecule is CC(C)(C)OC(=O)NC(CC(N)=O)C(=O)N(C1CC1)C(C(=O)Nc1ccc2ccccc2c1)c1ccccc1O. The van der Waals surface area contributed by atoms with E-state index in [2.05, 4.69) is 10.6 Å². The fraction of sp³-hybridized carbons (Fsp3) is 0.333. The van der Waals surface area contributed by atoms with Gasteiger partial charge in [-0.15, -0.1) is 0 Å². The van der Waals surface area contributed by atoms with Crippen LogP contribution in [0.15, 0.2) is 66.7 Å². The maximum atomic E-state index is 14.0. The number of aromatic hydroxyl groups is 1. The molecule has 1 aliphatic rings. The van der Waals surface area contributed by atoms with E-state index in [1.807, 2.05) is 36.4 Å². The summed E-state index contributed by atoms with van der Waals surface area (Å²) in [5.74, 6) is -2.24. The minimum Gasteiger partial charge on any atom is -0.508 e. The van der Waals surface area contributed by atoms with Gasteiger partial charge < -0.3 is 31.1 Å². The minimum atomic E-state index is -1.38. The second kappa shape index (κ2) is 11.6. The molecule has 10 nitrogen and oxygen atoms in total. The first-order valence-electron chi connectivity index (χ1n) is 13.1. The Balaban J connectivity index is 1.70. The molecular weight excluding hydrogens is 512 g/mol. The highest BCUT2D eigenvalue weighted by atomic mass is 16.6. The molecule has 0 aromatic heterocycles. The average molecular weight is 547 g/mol. The van der Waals surface area contributed by atoms with Crippen LogP contribution in [-0.4, -0.2) is 51.5 Å². The van der Waals surface area contributed by atoms with Crippen LogP contribution in [0.3, 0.4) is 0 Å². The van der Waals surface area contributed by atoms with Crippen molar-refractivity contribution >= 4 is 40.3 Å². The number of amides is 4. The van der Waals surface area contributed by atoms with Gasteiger partial charge in [-0.2, -0.15) is 0 Å². The number of ether oxygens (including phenoxy) is 1. The third-order valence-corrected chi connectivity index (χ3v) is 6.36. The molecule has 5 N–H and O–H groups in total. The predicted molar refractivity (Wildman–Crippen MR) is 150 cm³/mol. The van der Waals surface area contributed by atoms with Crippen molar-refractivity contribution in [3.63, 3.8) is 0 Å². The Morgan fingerprint density at radius 1 is 1.00 bits per heavy atom. The number of primary amides is 1. The van der Waals surface area contributed by atoms with Gasteiger partial charge in [0.15, 0.2) is 0 Å². The zero-order chi connectivity index (χ0) is 29.0. The van der Waals surface area contributed by atoms with Gasteiger partial charge in [0.05, 0.1) is 6.42 Å². The number of benzene rings is 3. The molecule has 3 aromatic rings. The van der Waals surface area contributed by atoms with E-state index in [9.17, 15) is 24.3 Å². The molecule has 0 spiro atoms. The molecule has 0 aliphatic heterocycles. The van der Waals surface area contributed by atoms with Gasteiger partial charge in [-0.25, -0.2) is 4.79 Å². The van der Waals surface area contributed by atoms with Gasteiger partial charge in [0.1, 0.15) is 23.4 Å². The van der Waals surface area contributed by atoms with Crippen molar-refractivity contribution in [2.75, 3.05) is 5.32 Å². The number of anilines is 1. The number of nitrogens with zero attached hydrogens (tertiary/aromatic N) is 1. The van der Waals surface area contributed by atoms with Crippen molar-refractivity contribution in [3.8, 4) is 5.75 Å². The molecule has 3 aromatic carbocycles. The number of rotatable bonds is 9. The Kier molecular flexibility index (Phi) is 8.27. The molecule has 0 bridgehead atoms. The first kappa shape index (κ1) is 28.4. The van der Waals surface area contributed by atoms with E-state index in [0.717, 1.165) is 10.8 Å². The number of nitrogens with one attached hydrogen (secondary N) is 2. The molecule has 4 rings (SSSR count). The van der Waals surface area contributed by atoms with E-state index in [1.54, 1.807) is 45.0 Å². The summed E-state index contributed by atoms with van der Waals surface area (Å²) in [5.41, 5.74) is 5.29. The topological polar surface area (TPSA) is 151 Å². The number of nitrogens with two attached hydrogens (primary N) is 1. The van der Waals surface area contributed by atoms with Gasteiger partial charge in [0, 0.05) is 17.3 Å². The first-order chi connectivity index (χ1) is 18.9. The lowest BCUT2D eigenvalue weighted by molar-refractivity contribution is -0.142. The summed E-state index contributed by atoms with van der Waals surface area (Å²) in [7, 11) is 0. The summed E-state index contributed by atoms with van der Waals surface area (Å²) in [6.07, 6.45) is -0.187. The summed E-state index contributed by atoms with van der Waals surface area (Å²) in [6.45, 7) is 5.00. The first-order valence-corrected chi connectivity index (χ1v) is 13.1. The highest BCUT2D eigenvalue weighted by molar-refractivity contribution is 6.01. The molecule has 210 valence electrons. The van der Waals surface area contributed by atoms with E-state index < -0.39 is 47.9 Å². The van der Waals surface area contributed by atoms with E-state index >= 15 is 0 Å². The summed E-state index contributed by atoms with van der Waals surface area (Å²) in [4.78, 5) is 53.7. The summed E-state index contributed by atoms with van der Waals surface area (Å²) in [5, 5.41) is 18.0. The van der Waals surface area contributed by atoms with Crippen molar-refractivity contribution in [3.05, 3.63) is 72.3 Å². The van der Waals surface area contributed by atoms with E-state index in [4.69, 9.17) is 10.5 Å². The van der Waals surface area contributed by atoms with E-state index in [1.165, 1.54) is 11.0 Å². The van der Waals surface area contributed by atoms with Crippen LogP contribution in [0.4, 0.5) is 10.5 Å². The molecule has 0 saturated heterocycles. The molecule has 40 heavy (non-hydrogen) atoms. The molecule has 0 radical (unpaired) electrons. The average Bonchev–Trinajstić information content (AvgIpc) is 3.71. The number of fused-ring (bicyclic) bond motifs is 1. The number of hydrogen-bond donors (Lipinski definition) is 4. The number of phenolic OH excluding ortho intramolecular Hbond substituents is 1. The standard InChI is InChI=1S/C30H34N4O6/c1-30(2,3)40-29(39)33-23(17-25(31)36)28(38)34(21-14-15-21)26(22-10-6-7-11-24(22)35)27(37)32-20-13-12-18-8-4-5-9-19(18)16-20/h4-13,16,21,23,26,35H,14-15,17H2,1-3H3,(H2,31,36)(H,32,37)(H,33,39). The minimum absolute atomic E-state index is 0.175. The largest absolute Gasteiger partial charge is 0.508 e. The van der Waals surface area contributed by atoms with Crippen LogP contribution in [0.1, 0.15) is 51.6 Å². The smallest absolute Gasteiger partial charge is 0.408 e. The zero-order valence-corrected chi connectivity index (χ0v) is 22.7. The van der Waals surface area contributed by atoms with Crippen LogP contribution >= 0.6 is 0 Å². The van der Waals surface area contributed by atoms with Crippen LogP contribution in [0.5, 0.6) is 5.75 Å². The van der Waals surface area contributed by atoms with Crippen LogP contribution in [0, 0.1) is 0 Å². The van der Waals surface area contributed by atoms with Crippen molar-refractivity contribution in [1.82, 2.24) is 10.2 Å². The lowest BCUT2D eigenvalue weighted by Gasteiger charge is -2.34. The Hall–Kier alpha value is -4.60. The molecule has 4 amide bonds. The number of alkyl carbamates (subject to hydrolysis) is 1. The van der Waals surface area contributed by atoms with E-state index in [0.29, 0.717) is 18.5 Å². The molecule has 2 atom stereocenters. The van der Waals surface area contributed by atoms with Gasteiger partial charge in [0.25, 0.3) is 5.91 Å². The van der Waals surface area contributed by atoms with Gasteiger partial charge in [-0.05, 0) is 62.6 Å². The van der Waals surface area contributed by atoms with Crippen molar-refractivity contribution in [1.29, 1.82) is 0 Å². The fourth-order valence-electron chi connectivity index (χ4n) is 4.52. The Morgan fingerprint density at radius 2 is 1.65 bits per heavy atom. The third kappa shape index (κ3) is 7.07. The number of hydrogen-bond acceptors (Lipinski definition) is 6. The molecule has 1 saturated carbocycles. The van der Waals surface area contributed by atoms with Crippen LogP contribution in [0.2, 0.25) is 0 Å². The molecule has 1 aliphatic carbocycles. The van der Waals surface area contributed by atoms with Crippen molar-refractivity contribution in [2.45, 2.75) is 63.8 Å². The summed E-state index contributed by atoms with van der Waals surface area (Å²) < 4.78 is 5.29. The molecule has 10 heteroatoms. The van der Waals surface area contributed by atoms with E-state index in [-0.39, 0.29) is 17.4 Å². The monoisotopic (exact) mass is 546 g/mol. The highest BCUT2D eigenvalue weighted by Crippen LogP contribution is 2.39. The van der Waals surface area contributed by atoms with Crippen LogP contribution in [-0.2, 0) is 19.1 Å². The van der Waals surface area contributed by atoms with Gasteiger partial charge in [0.2, 0.25) is 11.8 Å². The van der Waals surface area contributed by atoms with Crippen LogP contribution < -0.4 is 16.4 Å². The maximum absolute atomic E-state index is 14.0. The van der Waals surface area contributed by atoms with Gasteiger partial charge >= 0.3 is 6.09 Å². The fourth-order valence-corrected chi connectivity index (χ4v) is 4.52. The van der Waals surface area contributed by atoms with Crippen molar-refractivity contribution < 1.29 is 29.0 Å². The number of phenols is 1.